The Morgan fingerprint density at radius 1 is 1.17 bits per heavy atom. The van der Waals surface area contributed by atoms with Crippen molar-refractivity contribution in [2.24, 2.45) is 0 Å². The normalized spacial score (nSPS) is 11.4. The molecule has 1 rings (SSSR count). The highest BCUT2D eigenvalue weighted by Gasteiger charge is 2.16. The van der Waals surface area contributed by atoms with Crippen molar-refractivity contribution in [2.75, 3.05) is 20.8 Å². The maximum Gasteiger partial charge on any atom is 0.200 e. The first kappa shape index (κ1) is 14.6. The van der Waals surface area contributed by atoms with Crippen molar-refractivity contribution in [3.8, 4) is 17.2 Å². The van der Waals surface area contributed by atoms with Crippen LogP contribution in [0.4, 0.5) is 0 Å². The molecule has 0 aliphatic rings. The molecule has 0 unspecified atom stereocenters. The average molecular weight is 255 g/mol. The number of benzene rings is 1. The van der Waals surface area contributed by atoms with E-state index in [-0.39, 0.29) is 17.9 Å². The van der Waals surface area contributed by atoms with Crippen LogP contribution in [0, 0.1) is 0 Å². The molecule has 0 saturated heterocycles. The number of ether oxygens (including phenoxy) is 2. The quantitative estimate of drug-likeness (QED) is 0.714. The highest BCUT2D eigenvalue weighted by atomic mass is 16.5. The Labute approximate surface area is 107 Å². The molecular weight excluding hydrogens is 234 g/mol. The van der Waals surface area contributed by atoms with Gasteiger partial charge in [0.2, 0.25) is 5.75 Å². The summed E-state index contributed by atoms with van der Waals surface area (Å²) in [6.45, 7) is 4.39. The Morgan fingerprint density at radius 3 is 2.06 bits per heavy atom. The fourth-order valence-electron chi connectivity index (χ4n) is 1.45. The SMILES string of the molecule is COc1cc(CNC(C)(C)CO)cc(OC)c1O. The first-order valence-electron chi connectivity index (χ1n) is 5.73. The summed E-state index contributed by atoms with van der Waals surface area (Å²) in [5, 5.41) is 22.1. The Kier molecular flexibility index (Phi) is 4.81. The number of hydrogen-bond donors (Lipinski definition) is 3. The second-order valence-corrected chi connectivity index (χ2v) is 4.74. The summed E-state index contributed by atoms with van der Waals surface area (Å²) in [7, 11) is 2.98. The van der Waals surface area contributed by atoms with Gasteiger partial charge in [0.25, 0.3) is 0 Å². The van der Waals surface area contributed by atoms with Crippen LogP contribution in [-0.2, 0) is 6.54 Å². The molecule has 1 aromatic rings. The van der Waals surface area contributed by atoms with Gasteiger partial charge in [0.05, 0.1) is 20.8 Å². The van der Waals surface area contributed by atoms with Crippen molar-refractivity contribution in [2.45, 2.75) is 25.9 Å². The van der Waals surface area contributed by atoms with E-state index in [1.165, 1.54) is 14.2 Å². The van der Waals surface area contributed by atoms with Crippen LogP contribution in [0.3, 0.4) is 0 Å². The number of phenolic OH excluding ortho intramolecular Hbond substituents is 1. The number of rotatable bonds is 6. The van der Waals surface area contributed by atoms with Crippen LogP contribution in [0.25, 0.3) is 0 Å². The van der Waals surface area contributed by atoms with Crippen LogP contribution in [0.5, 0.6) is 17.2 Å². The summed E-state index contributed by atoms with van der Waals surface area (Å²) in [5.74, 6) is 0.728. The number of aliphatic hydroxyl groups excluding tert-OH is 1. The van der Waals surface area contributed by atoms with Crippen LogP contribution in [0.2, 0.25) is 0 Å². The van der Waals surface area contributed by atoms with Crippen molar-refractivity contribution >= 4 is 0 Å². The van der Waals surface area contributed by atoms with E-state index in [9.17, 15) is 5.11 Å². The summed E-state index contributed by atoms with van der Waals surface area (Å²) in [5.41, 5.74) is 0.543. The summed E-state index contributed by atoms with van der Waals surface area (Å²) in [6.07, 6.45) is 0. The van der Waals surface area contributed by atoms with E-state index < -0.39 is 0 Å². The standard InChI is InChI=1S/C13H21NO4/c1-13(2,8-15)14-7-9-5-10(17-3)12(16)11(6-9)18-4/h5-6,14-16H,7-8H2,1-4H3. The van der Waals surface area contributed by atoms with Gasteiger partial charge in [-0.3, -0.25) is 0 Å². The van der Waals surface area contributed by atoms with E-state index in [0.717, 1.165) is 5.56 Å². The predicted octanol–water partition coefficient (Wildman–Crippen LogP) is 1.27. The number of phenols is 1. The third-order valence-electron chi connectivity index (χ3n) is 2.71. The van der Waals surface area contributed by atoms with E-state index in [1.54, 1.807) is 12.1 Å². The predicted molar refractivity (Wildman–Crippen MR) is 69.2 cm³/mol. The smallest absolute Gasteiger partial charge is 0.200 e. The zero-order valence-corrected chi connectivity index (χ0v) is 11.3. The Balaban J connectivity index is 2.90. The van der Waals surface area contributed by atoms with Gasteiger partial charge in [-0.15, -0.1) is 0 Å². The van der Waals surface area contributed by atoms with Crippen LogP contribution in [0.1, 0.15) is 19.4 Å². The lowest BCUT2D eigenvalue weighted by Gasteiger charge is -2.24. The van der Waals surface area contributed by atoms with Gasteiger partial charge in [0.1, 0.15) is 0 Å². The van der Waals surface area contributed by atoms with Gasteiger partial charge in [-0.1, -0.05) is 0 Å². The lowest BCUT2D eigenvalue weighted by molar-refractivity contribution is 0.187. The zero-order chi connectivity index (χ0) is 13.8. The van der Waals surface area contributed by atoms with Gasteiger partial charge in [-0.2, -0.15) is 0 Å². The van der Waals surface area contributed by atoms with Crippen LogP contribution >= 0.6 is 0 Å². The highest BCUT2D eigenvalue weighted by molar-refractivity contribution is 5.52. The fourth-order valence-corrected chi connectivity index (χ4v) is 1.45. The molecule has 0 bridgehead atoms. The van der Waals surface area contributed by atoms with Crippen molar-refractivity contribution in [3.63, 3.8) is 0 Å². The van der Waals surface area contributed by atoms with Crippen molar-refractivity contribution in [1.82, 2.24) is 5.32 Å². The van der Waals surface area contributed by atoms with Crippen molar-refractivity contribution in [3.05, 3.63) is 17.7 Å². The van der Waals surface area contributed by atoms with Gasteiger partial charge in [0.15, 0.2) is 11.5 Å². The third kappa shape index (κ3) is 3.51. The van der Waals surface area contributed by atoms with Gasteiger partial charge in [-0.25, -0.2) is 0 Å². The number of hydrogen-bond acceptors (Lipinski definition) is 5. The summed E-state index contributed by atoms with van der Waals surface area (Å²) in [4.78, 5) is 0. The maximum atomic E-state index is 9.78. The van der Waals surface area contributed by atoms with E-state index >= 15 is 0 Å². The third-order valence-corrected chi connectivity index (χ3v) is 2.71. The fraction of sp³-hybridized carbons (Fsp3) is 0.538. The molecule has 18 heavy (non-hydrogen) atoms. The molecule has 0 fully saturated rings. The van der Waals surface area contributed by atoms with Gasteiger partial charge >= 0.3 is 0 Å². The molecule has 0 saturated carbocycles. The first-order valence-corrected chi connectivity index (χ1v) is 5.73. The molecule has 5 nitrogen and oxygen atoms in total. The van der Waals surface area contributed by atoms with Crippen molar-refractivity contribution in [1.29, 1.82) is 0 Å². The summed E-state index contributed by atoms with van der Waals surface area (Å²) >= 11 is 0. The number of aliphatic hydroxyl groups is 1. The van der Waals surface area contributed by atoms with E-state index in [1.807, 2.05) is 13.8 Å². The van der Waals surface area contributed by atoms with Crippen LogP contribution < -0.4 is 14.8 Å². The molecule has 1 aromatic carbocycles. The van der Waals surface area contributed by atoms with E-state index in [2.05, 4.69) is 5.32 Å². The topological polar surface area (TPSA) is 71.0 Å². The molecule has 102 valence electrons. The molecule has 0 aliphatic heterocycles. The second-order valence-electron chi connectivity index (χ2n) is 4.74. The minimum atomic E-state index is -0.363. The molecular formula is C13H21NO4. The van der Waals surface area contributed by atoms with E-state index in [4.69, 9.17) is 14.6 Å². The molecule has 0 aliphatic carbocycles. The van der Waals surface area contributed by atoms with E-state index in [0.29, 0.717) is 18.0 Å². The molecule has 0 amide bonds. The Bertz CT molecular complexity index is 379. The molecule has 5 heteroatoms. The minimum Gasteiger partial charge on any atom is -0.502 e. The van der Waals surface area contributed by atoms with Gasteiger partial charge in [0, 0.05) is 12.1 Å². The molecule has 0 heterocycles. The molecule has 3 N–H and O–H groups in total. The number of methoxy groups -OCH3 is 2. The minimum absolute atomic E-state index is 0.00910. The largest absolute Gasteiger partial charge is 0.502 e. The Hall–Kier alpha value is -1.46. The monoisotopic (exact) mass is 255 g/mol. The lowest BCUT2D eigenvalue weighted by atomic mass is 10.1. The molecule has 0 radical (unpaired) electrons. The molecule has 0 aromatic heterocycles. The highest BCUT2D eigenvalue weighted by Crippen LogP contribution is 2.37. The number of aromatic hydroxyl groups is 1. The lowest BCUT2D eigenvalue weighted by Crippen LogP contribution is -2.42. The van der Waals surface area contributed by atoms with Crippen molar-refractivity contribution < 1.29 is 19.7 Å². The van der Waals surface area contributed by atoms with Crippen LogP contribution in [0.15, 0.2) is 12.1 Å². The summed E-state index contributed by atoms with van der Waals surface area (Å²) < 4.78 is 10.2. The summed E-state index contributed by atoms with van der Waals surface area (Å²) in [6, 6.07) is 3.47. The second kappa shape index (κ2) is 5.93. The maximum absolute atomic E-state index is 9.78. The zero-order valence-electron chi connectivity index (χ0n) is 11.3. The molecule has 0 spiro atoms. The van der Waals surface area contributed by atoms with Gasteiger partial charge < -0.3 is 25.0 Å². The average Bonchev–Trinajstić information content (AvgIpc) is 2.37. The Morgan fingerprint density at radius 2 is 1.67 bits per heavy atom. The first-order chi connectivity index (χ1) is 8.43. The number of nitrogens with one attached hydrogen (secondary N) is 1. The van der Waals surface area contributed by atoms with Gasteiger partial charge in [-0.05, 0) is 31.5 Å². The van der Waals surface area contributed by atoms with Crippen LogP contribution in [-0.4, -0.2) is 36.6 Å². The molecule has 0 atom stereocenters.